The van der Waals surface area contributed by atoms with E-state index in [1.165, 1.54) is 0 Å². The predicted octanol–water partition coefficient (Wildman–Crippen LogP) is 3.97. The Morgan fingerprint density at radius 1 is 0.906 bits per heavy atom. The number of rotatable bonds is 5. The number of carbonyl (C=O) groups excluding carboxylic acids is 1. The number of benzene rings is 3. The van der Waals surface area contributed by atoms with E-state index in [0.29, 0.717) is 17.3 Å². The minimum Gasteiger partial charge on any atom is -0.497 e. The summed E-state index contributed by atoms with van der Waals surface area (Å²) in [6, 6.07) is 24.6. The van der Waals surface area contributed by atoms with Gasteiger partial charge in [-0.2, -0.15) is 0 Å². The monoisotopic (exact) mass is 425 g/mol. The molecule has 4 aromatic rings. The van der Waals surface area contributed by atoms with Crippen molar-refractivity contribution in [1.29, 1.82) is 0 Å². The third kappa shape index (κ3) is 3.81. The van der Waals surface area contributed by atoms with Gasteiger partial charge in [-0.05, 0) is 30.3 Å². The molecule has 2 N–H and O–H groups in total. The lowest BCUT2D eigenvalue weighted by atomic mass is 10.0. The van der Waals surface area contributed by atoms with Gasteiger partial charge < -0.3 is 19.8 Å². The molecular formula is C24H19N5O3. The van der Waals surface area contributed by atoms with Gasteiger partial charge in [0.1, 0.15) is 5.75 Å². The SMILES string of the molecule is COc1ccc(-c2nnc(N[C@H]3N=C(c4ccccc4)c4ccccc4NC3=O)o2)cc1. The molecule has 2 heterocycles. The molecule has 158 valence electrons. The molecule has 8 nitrogen and oxygen atoms in total. The van der Waals surface area contributed by atoms with Crippen molar-refractivity contribution in [2.45, 2.75) is 6.17 Å². The van der Waals surface area contributed by atoms with Crippen molar-refractivity contribution in [2.75, 3.05) is 17.7 Å². The highest BCUT2D eigenvalue weighted by Crippen LogP contribution is 2.26. The Kier molecular flexibility index (Phi) is 5.09. The first kappa shape index (κ1) is 19.5. The van der Waals surface area contributed by atoms with Crippen LogP contribution >= 0.6 is 0 Å². The molecule has 0 radical (unpaired) electrons. The van der Waals surface area contributed by atoms with Gasteiger partial charge in [-0.1, -0.05) is 53.6 Å². The number of hydrogen-bond acceptors (Lipinski definition) is 7. The second kappa shape index (κ2) is 8.35. The van der Waals surface area contributed by atoms with Crippen LogP contribution in [-0.2, 0) is 4.79 Å². The van der Waals surface area contributed by atoms with Crippen LogP contribution in [0.1, 0.15) is 11.1 Å². The van der Waals surface area contributed by atoms with Crippen LogP contribution in [0.25, 0.3) is 11.5 Å². The molecule has 5 rings (SSSR count). The van der Waals surface area contributed by atoms with Gasteiger partial charge in [0.05, 0.1) is 18.5 Å². The number of methoxy groups -OCH3 is 1. The van der Waals surface area contributed by atoms with Gasteiger partial charge in [0.2, 0.25) is 12.1 Å². The van der Waals surface area contributed by atoms with E-state index < -0.39 is 6.17 Å². The van der Waals surface area contributed by atoms with Crippen molar-refractivity contribution in [3.63, 3.8) is 0 Å². The van der Waals surface area contributed by atoms with Crippen LogP contribution in [0, 0.1) is 0 Å². The Labute approximate surface area is 184 Å². The summed E-state index contributed by atoms with van der Waals surface area (Å²) in [5, 5.41) is 14.0. The number of nitrogens with one attached hydrogen (secondary N) is 2. The number of hydrogen-bond donors (Lipinski definition) is 2. The number of aromatic nitrogens is 2. The number of nitrogens with zero attached hydrogens (tertiary/aromatic N) is 3. The lowest BCUT2D eigenvalue weighted by molar-refractivity contribution is -0.116. The smallest absolute Gasteiger partial charge is 0.317 e. The van der Waals surface area contributed by atoms with Crippen LogP contribution in [-0.4, -0.2) is 35.1 Å². The number of para-hydroxylation sites is 1. The zero-order valence-electron chi connectivity index (χ0n) is 17.1. The molecule has 1 aliphatic heterocycles. The maximum atomic E-state index is 12.9. The van der Waals surface area contributed by atoms with Crippen LogP contribution in [0.15, 0.2) is 88.3 Å². The molecular weight excluding hydrogens is 406 g/mol. The zero-order chi connectivity index (χ0) is 21.9. The standard InChI is InChI=1S/C24H19N5O3/c1-31-17-13-11-16(12-14-17)23-28-29-24(32-23)27-21-22(30)25-19-10-6-5-9-18(19)20(26-21)15-7-3-2-4-8-15/h2-14,21H,1H3,(H,25,30)(H,27,29)/t21-/m1/s1. The molecule has 0 saturated carbocycles. The molecule has 1 amide bonds. The molecule has 0 aliphatic carbocycles. The Bertz CT molecular complexity index is 1280. The number of amides is 1. The molecule has 8 heteroatoms. The minimum atomic E-state index is -0.957. The van der Waals surface area contributed by atoms with Gasteiger partial charge in [-0.25, -0.2) is 4.99 Å². The molecule has 1 aliphatic rings. The highest BCUT2D eigenvalue weighted by atomic mass is 16.5. The molecule has 0 unspecified atom stereocenters. The fourth-order valence-electron chi connectivity index (χ4n) is 3.43. The Hall–Kier alpha value is -4.46. The Balaban J connectivity index is 1.47. The summed E-state index contributed by atoms with van der Waals surface area (Å²) >= 11 is 0. The summed E-state index contributed by atoms with van der Waals surface area (Å²) in [4.78, 5) is 17.6. The van der Waals surface area contributed by atoms with Gasteiger partial charge in [0, 0.05) is 16.7 Å². The summed E-state index contributed by atoms with van der Waals surface area (Å²) in [5.74, 6) is 0.719. The van der Waals surface area contributed by atoms with E-state index in [2.05, 4.69) is 20.8 Å². The third-order valence-electron chi connectivity index (χ3n) is 5.02. The van der Waals surface area contributed by atoms with E-state index in [0.717, 1.165) is 22.4 Å². The second-order valence-corrected chi connectivity index (χ2v) is 7.07. The highest BCUT2D eigenvalue weighted by Gasteiger charge is 2.27. The van der Waals surface area contributed by atoms with Crippen molar-refractivity contribution < 1.29 is 13.9 Å². The van der Waals surface area contributed by atoms with Gasteiger partial charge in [0.15, 0.2) is 0 Å². The topological polar surface area (TPSA) is 102 Å². The maximum absolute atomic E-state index is 12.9. The summed E-state index contributed by atoms with van der Waals surface area (Å²) in [6.45, 7) is 0. The second-order valence-electron chi connectivity index (χ2n) is 7.07. The first-order valence-electron chi connectivity index (χ1n) is 9.99. The average molecular weight is 425 g/mol. The van der Waals surface area contributed by atoms with E-state index in [4.69, 9.17) is 14.1 Å². The quantitative estimate of drug-likeness (QED) is 0.502. The maximum Gasteiger partial charge on any atom is 0.317 e. The molecule has 1 atom stereocenters. The number of benzodiazepines with no additional fused rings is 1. The lowest BCUT2D eigenvalue weighted by Crippen LogP contribution is -2.32. The highest BCUT2D eigenvalue weighted by molar-refractivity contribution is 6.19. The number of aliphatic imine (C=N–C) groups is 1. The van der Waals surface area contributed by atoms with Gasteiger partial charge in [0.25, 0.3) is 5.91 Å². The van der Waals surface area contributed by atoms with Crippen LogP contribution < -0.4 is 15.4 Å². The van der Waals surface area contributed by atoms with E-state index in [1.54, 1.807) is 19.2 Å². The first-order valence-corrected chi connectivity index (χ1v) is 9.99. The molecule has 0 bridgehead atoms. The molecule has 3 aromatic carbocycles. The minimum absolute atomic E-state index is 0.0954. The predicted molar refractivity (Wildman–Crippen MR) is 121 cm³/mol. The molecule has 0 spiro atoms. The number of carbonyl (C=O) groups is 1. The lowest BCUT2D eigenvalue weighted by Gasteiger charge is -2.11. The van der Waals surface area contributed by atoms with E-state index in [1.807, 2.05) is 66.7 Å². The molecule has 1 aromatic heterocycles. The van der Waals surface area contributed by atoms with Gasteiger partial charge >= 0.3 is 6.01 Å². The fourth-order valence-corrected chi connectivity index (χ4v) is 3.43. The van der Waals surface area contributed by atoms with Crippen molar-refractivity contribution >= 4 is 23.3 Å². The normalized spacial score (nSPS) is 15.2. The van der Waals surface area contributed by atoms with Crippen molar-refractivity contribution in [3.8, 4) is 17.2 Å². The zero-order valence-corrected chi connectivity index (χ0v) is 17.1. The van der Waals surface area contributed by atoms with Crippen molar-refractivity contribution in [1.82, 2.24) is 10.2 Å². The van der Waals surface area contributed by atoms with Crippen molar-refractivity contribution in [3.05, 3.63) is 90.0 Å². The van der Waals surface area contributed by atoms with Crippen LogP contribution in [0.2, 0.25) is 0 Å². The van der Waals surface area contributed by atoms with E-state index >= 15 is 0 Å². The summed E-state index contributed by atoms with van der Waals surface area (Å²) in [7, 11) is 1.60. The number of anilines is 2. The Morgan fingerprint density at radius 3 is 2.44 bits per heavy atom. The molecule has 0 fully saturated rings. The number of ether oxygens (including phenoxy) is 1. The van der Waals surface area contributed by atoms with Crippen LogP contribution in [0.5, 0.6) is 5.75 Å². The first-order chi connectivity index (χ1) is 15.7. The fraction of sp³-hybridized carbons (Fsp3) is 0.0833. The van der Waals surface area contributed by atoms with Crippen LogP contribution in [0.4, 0.5) is 11.7 Å². The van der Waals surface area contributed by atoms with Crippen LogP contribution in [0.3, 0.4) is 0 Å². The summed E-state index contributed by atoms with van der Waals surface area (Å²) in [6.07, 6.45) is -0.957. The summed E-state index contributed by atoms with van der Waals surface area (Å²) < 4.78 is 10.9. The largest absolute Gasteiger partial charge is 0.497 e. The molecule has 0 saturated heterocycles. The average Bonchev–Trinajstić information content (AvgIpc) is 3.26. The summed E-state index contributed by atoms with van der Waals surface area (Å²) in [5.41, 5.74) is 3.84. The van der Waals surface area contributed by atoms with E-state index in [-0.39, 0.29) is 11.9 Å². The molecule has 32 heavy (non-hydrogen) atoms. The van der Waals surface area contributed by atoms with Gasteiger partial charge in [-0.3, -0.25) is 4.79 Å². The van der Waals surface area contributed by atoms with Gasteiger partial charge in [-0.15, -0.1) is 5.10 Å². The Morgan fingerprint density at radius 2 is 1.66 bits per heavy atom. The van der Waals surface area contributed by atoms with E-state index in [9.17, 15) is 4.79 Å². The number of fused-ring (bicyclic) bond motifs is 1. The van der Waals surface area contributed by atoms with Crippen molar-refractivity contribution in [2.24, 2.45) is 4.99 Å². The third-order valence-corrected chi connectivity index (χ3v) is 5.02.